The van der Waals surface area contributed by atoms with Gasteiger partial charge in [-0.2, -0.15) is 11.8 Å². The maximum atomic E-state index is 10.7. The highest BCUT2D eigenvalue weighted by Crippen LogP contribution is 2.21. The third kappa shape index (κ3) is 5.52. The molecule has 17 heavy (non-hydrogen) atoms. The van der Waals surface area contributed by atoms with Crippen LogP contribution in [0.15, 0.2) is 22.7 Å². The normalized spacial score (nSPS) is 10.5. The van der Waals surface area contributed by atoms with Crippen molar-refractivity contribution < 1.29 is 4.92 Å². The first-order chi connectivity index (χ1) is 8.13. The van der Waals surface area contributed by atoms with E-state index in [-0.39, 0.29) is 10.6 Å². The number of rotatable bonds is 7. The number of halogens is 1. The molecule has 0 radical (unpaired) electrons. The third-order valence-corrected chi connectivity index (χ3v) is 3.34. The van der Waals surface area contributed by atoms with Crippen molar-refractivity contribution in [1.82, 2.24) is 5.32 Å². The molecular formula is C11H15BrN2O2S. The SMILES string of the molecule is CSCCCNCc1cc(Br)cc([N+](=O)[O-])c1. The van der Waals surface area contributed by atoms with Crippen LogP contribution in [0.25, 0.3) is 0 Å². The fraction of sp³-hybridized carbons (Fsp3) is 0.455. The van der Waals surface area contributed by atoms with Gasteiger partial charge in [0.2, 0.25) is 0 Å². The monoisotopic (exact) mass is 318 g/mol. The summed E-state index contributed by atoms with van der Waals surface area (Å²) in [6, 6.07) is 5.01. The van der Waals surface area contributed by atoms with Gasteiger partial charge in [0, 0.05) is 23.2 Å². The van der Waals surface area contributed by atoms with Crippen molar-refractivity contribution in [2.24, 2.45) is 0 Å². The second-order valence-electron chi connectivity index (χ2n) is 3.60. The Morgan fingerprint density at radius 1 is 1.47 bits per heavy atom. The number of non-ortho nitro benzene ring substituents is 1. The third-order valence-electron chi connectivity index (χ3n) is 2.18. The van der Waals surface area contributed by atoms with E-state index in [1.807, 2.05) is 17.8 Å². The molecule has 0 aliphatic heterocycles. The molecule has 0 fully saturated rings. The van der Waals surface area contributed by atoms with Crippen LogP contribution in [0.5, 0.6) is 0 Å². The second kappa shape index (κ2) is 7.68. The molecule has 94 valence electrons. The van der Waals surface area contributed by atoms with Gasteiger partial charge in [0.25, 0.3) is 5.69 Å². The van der Waals surface area contributed by atoms with Crippen LogP contribution in [0.4, 0.5) is 5.69 Å². The van der Waals surface area contributed by atoms with Crippen LogP contribution in [0.1, 0.15) is 12.0 Å². The summed E-state index contributed by atoms with van der Waals surface area (Å²) >= 11 is 5.10. The Balaban J connectivity index is 2.50. The lowest BCUT2D eigenvalue weighted by Gasteiger charge is -2.05. The first kappa shape index (κ1) is 14.5. The number of nitrogens with zero attached hydrogens (tertiary/aromatic N) is 1. The Kier molecular flexibility index (Phi) is 6.54. The molecule has 1 N–H and O–H groups in total. The minimum Gasteiger partial charge on any atom is -0.313 e. The number of nitro benzene ring substituents is 1. The predicted octanol–water partition coefficient (Wildman–Crippen LogP) is 3.20. The Morgan fingerprint density at radius 3 is 2.88 bits per heavy atom. The zero-order chi connectivity index (χ0) is 12.7. The Morgan fingerprint density at radius 2 is 2.24 bits per heavy atom. The van der Waals surface area contributed by atoms with Crippen LogP contribution in [0.3, 0.4) is 0 Å². The van der Waals surface area contributed by atoms with Gasteiger partial charge >= 0.3 is 0 Å². The fourth-order valence-corrected chi connectivity index (χ4v) is 2.38. The molecule has 6 heteroatoms. The number of hydrogen-bond donors (Lipinski definition) is 1. The average molecular weight is 319 g/mol. The molecule has 0 amide bonds. The average Bonchev–Trinajstić information content (AvgIpc) is 2.28. The van der Waals surface area contributed by atoms with Crippen LogP contribution in [-0.2, 0) is 6.54 Å². The molecule has 0 saturated carbocycles. The van der Waals surface area contributed by atoms with Gasteiger partial charge in [-0.15, -0.1) is 0 Å². The molecule has 1 aromatic rings. The number of nitro groups is 1. The van der Waals surface area contributed by atoms with Crippen molar-refractivity contribution in [3.63, 3.8) is 0 Å². The molecule has 0 spiro atoms. The highest BCUT2D eigenvalue weighted by Gasteiger charge is 2.08. The van der Waals surface area contributed by atoms with E-state index in [4.69, 9.17) is 0 Å². The van der Waals surface area contributed by atoms with Gasteiger partial charge in [-0.05, 0) is 36.6 Å². The minimum absolute atomic E-state index is 0.125. The second-order valence-corrected chi connectivity index (χ2v) is 5.50. The summed E-state index contributed by atoms with van der Waals surface area (Å²) in [6.07, 6.45) is 3.19. The fourth-order valence-electron chi connectivity index (χ4n) is 1.42. The van der Waals surface area contributed by atoms with Crippen LogP contribution in [0, 0.1) is 10.1 Å². The zero-order valence-corrected chi connectivity index (χ0v) is 12.0. The molecule has 1 rings (SSSR count). The van der Waals surface area contributed by atoms with Gasteiger partial charge in [-0.3, -0.25) is 10.1 Å². The van der Waals surface area contributed by atoms with E-state index in [9.17, 15) is 10.1 Å². The van der Waals surface area contributed by atoms with Gasteiger partial charge in [0.05, 0.1) is 4.92 Å². The lowest BCUT2D eigenvalue weighted by molar-refractivity contribution is -0.385. The largest absolute Gasteiger partial charge is 0.313 e. The summed E-state index contributed by atoms with van der Waals surface area (Å²) in [5.74, 6) is 1.13. The Labute approximate surface area is 113 Å². The molecule has 0 bridgehead atoms. The van der Waals surface area contributed by atoms with Crippen LogP contribution in [0.2, 0.25) is 0 Å². The first-order valence-corrected chi connectivity index (χ1v) is 7.45. The first-order valence-electron chi connectivity index (χ1n) is 5.27. The van der Waals surface area contributed by atoms with Gasteiger partial charge in [0.1, 0.15) is 0 Å². The van der Waals surface area contributed by atoms with E-state index in [0.717, 1.165) is 28.8 Å². The highest BCUT2D eigenvalue weighted by atomic mass is 79.9. The van der Waals surface area contributed by atoms with E-state index in [2.05, 4.69) is 27.5 Å². The molecule has 0 aromatic heterocycles. The standard InChI is InChI=1S/C11H15BrN2O2S/c1-17-4-2-3-13-8-9-5-10(12)7-11(6-9)14(15)16/h5-7,13H,2-4,8H2,1H3. The Bertz CT molecular complexity index is 388. The summed E-state index contributed by atoms with van der Waals surface area (Å²) in [6.45, 7) is 1.59. The van der Waals surface area contributed by atoms with E-state index in [0.29, 0.717) is 6.54 Å². The molecule has 0 saturated heterocycles. The lowest BCUT2D eigenvalue weighted by Crippen LogP contribution is -2.15. The van der Waals surface area contributed by atoms with Crippen molar-refractivity contribution >= 4 is 33.4 Å². The molecular weight excluding hydrogens is 304 g/mol. The van der Waals surface area contributed by atoms with Crippen molar-refractivity contribution in [3.05, 3.63) is 38.3 Å². The topological polar surface area (TPSA) is 55.2 Å². The van der Waals surface area contributed by atoms with E-state index >= 15 is 0 Å². The summed E-state index contributed by atoms with van der Waals surface area (Å²) in [4.78, 5) is 10.3. The molecule has 4 nitrogen and oxygen atoms in total. The highest BCUT2D eigenvalue weighted by molar-refractivity contribution is 9.10. The molecule has 1 aromatic carbocycles. The zero-order valence-electron chi connectivity index (χ0n) is 9.61. The van der Waals surface area contributed by atoms with Crippen molar-refractivity contribution in [2.75, 3.05) is 18.6 Å². The summed E-state index contributed by atoms with van der Waals surface area (Å²) in [5, 5.41) is 14.0. The summed E-state index contributed by atoms with van der Waals surface area (Å²) < 4.78 is 0.743. The van der Waals surface area contributed by atoms with Crippen LogP contribution >= 0.6 is 27.7 Å². The number of hydrogen-bond acceptors (Lipinski definition) is 4. The van der Waals surface area contributed by atoms with E-state index in [1.54, 1.807) is 6.07 Å². The van der Waals surface area contributed by atoms with Gasteiger partial charge < -0.3 is 5.32 Å². The smallest absolute Gasteiger partial charge is 0.270 e. The van der Waals surface area contributed by atoms with Gasteiger partial charge in [-0.1, -0.05) is 15.9 Å². The van der Waals surface area contributed by atoms with Gasteiger partial charge in [-0.25, -0.2) is 0 Å². The van der Waals surface area contributed by atoms with E-state index < -0.39 is 0 Å². The lowest BCUT2D eigenvalue weighted by atomic mass is 10.2. The molecule has 0 heterocycles. The maximum Gasteiger partial charge on any atom is 0.270 e. The van der Waals surface area contributed by atoms with Gasteiger partial charge in [0.15, 0.2) is 0 Å². The minimum atomic E-state index is -0.373. The van der Waals surface area contributed by atoms with Crippen LogP contribution in [-0.4, -0.2) is 23.5 Å². The number of nitrogens with one attached hydrogen (secondary N) is 1. The maximum absolute atomic E-state index is 10.7. The summed E-state index contributed by atoms with van der Waals surface area (Å²) in [7, 11) is 0. The Hall–Kier alpha value is -0.590. The van der Waals surface area contributed by atoms with E-state index in [1.165, 1.54) is 6.07 Å². The van der Waals surface area contributed by atoms with Crippen molar-refractivity contribution in [2.45, 2.75) is 13.0 Å². The van der Waals surface area contributed by atoms with Crippen molar-refractivity contribution in [3.8, 4) is 0 Å². The molecule has 0 unspecified atom stereocenters. The van der Waals surface area contributed by atoms with Crippen molar-refractivity contribution in [1.29, 1.82) is 0 Å². The number of benzene rings is 1. The van der Waals surface area contributed by atoms with Crippen LogP contribution < -0.4 is 5.32 Å². The molecule has 0 atom stereocenters. The quantitative estimate of drug-likeness (QED) is 0.476. The summed E-state index contributed by atoms with van der Waals surface area (Å²) in [5.41, 5.74) is 1.05. The molecule has 0 aliphatic carbocycles. The predicted molar refractivity (Wildman–Crippen MR) is 75.5 cm³/mol. The number of thioether (sulfide) groups is 1. The molecule has 0 aliphatic rings.